The third-order valence-electron chi connectivity index (χ3n) is 2.65. The van der Waals surface area contributed by atoms with E-state index >= 15 is 0 Å². The van der Waals surface area contributed by atoms with Crippen LogP contribution >= 0.6 is 0 Å². The van der Waals surface area contributed by atoms with Crippen molar-refractivity contribution < 1.29 is 0 Å². The monoisotopic (exact) mass is 168 g/mol. The largest absolute Gasteiger partial charge is 0.291 e. The van der Waals surface area contributed by atoms with Crippen LogP contribution in [-0.4, -0.2) is 23.3 Å². The molecule has 0 spiro atoms. The predicted octanol–water partition coefficient (Wildman–Crippen LogP) is 2.36. The smallest absolute Gasteiger partial charge is 0.0526 e. The summed E-state index contributed by atoms with van der Waals surface area (Å²) in [4.78, 5) is 0. The molecule has 0 amide bonds. The van der Waals surface area contributed by atoms with Gasteiger partial charge in [0.1, 0.15) is 0 Å². The van der Waals surface area contributed by atoms with Crippen LogP contribution in [0.15, 0.2) is 5.10 Å². The molecular formula is C10H20N2. The molecule has 0 N–H and O–H groups in total. The van der Waals surface area contributed by atoms with E-state index in [1.54, 1.807) is 0 Å². The lowest BCUT2D eigenvalue weighted by Gasteiger charge is -2.29. The Morgan fingerprint density at radius 2 is 1.83 bits per heavy atom. The first kappa shape index (κ1) is 9.56. The molecule has 2 unspecified atom stereocenters. The predicted molar refractivity (Wildman–Crippen MR) is 53.3 cm³/mol. The number of hydrogen-bond acceptors (Lipinski definition) is 2. The van der Waals surface area contributed by atoms with Crippen molar-refractivity contribution in [3.63, 3.8) is 0 Å². The van der Waals surface area contributed by atoms with Crippen LogP contribution in [0.1, 0.15) is 34.6 Å². The normalized spacial score (nSPS) is 29.4. The molecule has 0 aliphatic carbocycles. The highest BCUT2D eigenvalue weighted by Crippen LogP contribution is 2.25. The molecule has 0 saturated carbocycles. The number of hydrazone groups is 1. The van der Waals surface area contributed by atoms with Crippen LogP contribution in [0.3, 0.4) is 0 Å². The minimum Gasteiger partial charge on any atom is -0.291 e. The molecule has 1 heterocycles. The van der Waals surface area contributed by atoms with Gasteiger partial charge in [-0.3, -0.25) is 5.01 Å². The van der Waals surface area contributed by atoms with Crippen LogP contribution in [0.4, 0.5) is 0 Å². The van der Waals surface area contributed by atoms with E-state index in [1.165, 1.54) is 0 Å². The molecule has 0 aromatic carbocycles. The molecule has 0 radical (unpaired) electrons. The van der Waals surface area contributed by atoms with Gasteiger partial charge in [-0.05, 0) is 26.7 Å². The maximum atomic E-state index is 4.43. The van der Waals surface area contributed by atoms with Crippen molar-refractivity contribution in [2.45, 2.75) is 46.7 Å². The lowest BCUT2D eigenvalue weighted by molar-refractivity contribution is 0.157. The average Bonchev–Trinajstić information content (AvgIpc) is 2.30. The van der Waals surface area contributed by atoms with E-state index in [-0.39, 0.29) is 0 Å². The first-order valence-electron chi connectivity index (χ1n) is 4.86. The fourth-order valence-corrected chi connectivity index (χ4v) is 1.89. The Hall–Kier alpha value is -0.530. The fourth-order valence-electron chi connectivity index (χ4n) is 1.89. The Balaban J connectivity index is 2.62. The average molecular weight is 168 g/mol. The minimum absolute atomic E-state index is 0.528. The van der Waals surface area contributed by atoms with Crippen molar-refractivity contribution in [3.05, 3.63) is 0 Å². The van der Waals surface area contributed by atoms with Crippen molar-refractivity contribution in [1.82, 2.24) is 5.01 Å². The molecule has 0 aromatic rings. The Bertz CT molecular complexity index is 155. The first-order valence-corrected chi connectivity index (χ1v) is 4.86. The highest BCUT2D eigenvalue weighted by atomic mass is 15.5. The fraction of sp³-hybridized carbons (Fsp3) is 0.900. The topological polar surface area (TPSA) is 15.6 Å². The van der Waals surface area contributed by atoms with Crippen LogP contribution in [0.2, 0.25) is 0 Å². The van der Waals surface area contributed by atoms with Crippen molar-refractivity contribution in [3.8, 4) is 0 Å². The molecule has 1 aliphatic rings. The Morgan fingerprint density at radius 3 is 2.08 bits per heavy atom. The molecule has 2 heteroatoms. The molecule has 2 atom stereocenters. The van der Waals surface area contributed by atoms with Crippen molar-refractivity contribution >= 4 is 6.21 Å². The molecule has 1 rings (SSSR count). The zero-order chi connectivity index (χ0) is 9.30. The minimum atomic E-state index is 0.528. The summed E-state index contributed by atoms with van der Waals surface area (Å²) in [5.41, 5.74) is 0. The van der Waals surface area contributed by atoms with Gasteiger partial charge in [-0.15, -0.1) is 0 Å². The van der Waals surface area contributed by atoms with Crippen LogP contribution in [-0.2, 0) is 0 Å². The summed E-state index contributed by atoms with van der Waals surface area (Å²) >= 11 is 0. The third-order valence-corrected chi connectivity index (χ3v) is 2.65. The second-order valence-electron chi connectivity index (χ2n) is 4.30. The van der Waals surface area contributed by atoms with E-state index in [4.69, 9.17) is 0 Å². The van der Waals surface area contributed by atoms with Gasteiger partial charge in [0.2, 0.25) is 0 Å². The van der Waals surface area contributed by atoms with Crippen LogP contribution in [0.25, 0.3) is 0 Å². The molecule has 0 bridgehead atoms. The Morgan fingerprint density at radius 1 is 1.25 bits per heavy atom. The molecule has 70 valence electrons. The second-order valence-corrected chi connectivity index (χ2v) is 4.30. The molecule has 0 aromatic heterocycles. The molecule has 2 nitrogen and oxygen atoms in total. The van der Waals surface area contributed by atoms with Crippen molar-refractivity contribution in [2.75, 3.05) is 0 Å². The molecule has 12 heavy (non-hydrogen) atoms. The van der Waals surface area contributed by atoms with E-state index in [1.807, 2.05) is 0 Å². The van der Waals surface area contributed by atoms with E-state index in [0.717, 1.165) is 0 Å². The maximum absolute atomic E-state index is 4.43. The Kier molecular flexibility index (Phi) is 2.76. The maximum Gasteiger partial charge on any atom is 0.0526 e. The second kappa shape index (κ2) is 3.46. The zero-order valence-corrected chi connectivity index (χ0v) is 8.78. The van der Waals surface area contributed by atoms with Gasteiger partial charge in [-0.1, -0.05) is 13.8 Å². The van der Waals surface area contributed by atoms with Gasteiger partial charge in [0.15, 0.2) is 0 Å². The molecule has 0 fully saturated rings. The lowest BCUT2D eigenvalue weighted by Crippen LogP contribution is -2.36. The van der Waals surface area contributed by atoms with Gasteiger partial charge in [0.25, 0.3) is 0 Å². The van der Waals surface area contributed by atoms with Gasteiger partial charge in [0.05, 0.1) is 6.04 Å². The summed E-state index contributed by atoms with van der Waals surface area (Å²) in [5, 5.41) is 6.63. The zero-order valence-electron chi connectivity index (χ0n) is 8.78. The quantitative estimate of drug-likeness (QED) is 0.618. The van der Waals surface area contributed by atoms with E-state index in [2.05, 4.69) is 50.9 Å². The molecule has 0 saturated heterocycles. The van der Waals surface area contributed by atoms with Crippen LogP contribution < -0.4 is 0 Å². The summed E-state index contributed by atoms with van der Waals surface area (Å²) in [7, 11) is 0. The van der Waals surface area contributed by atoms with Crippen LogP contribution in [0.5, 0.6) is 0 Å². The van der Waals surface area contributed by atoms with Crippen LogP contribution in [0, 0.1) is 11.8 Å². The SMILES string of the molecule is CC(C)C1C=NN(C(C)C)C1C. The summed E-state index contributed by atoms with van der Waals surface area (Å²) in [5.74, 6) is 1.33. The van der Waals surface area contributed by atoms with Crippen molar-refractivity contribution in [1.29, 1.82) is 0 Å². The van der Waals surface area contributed by atoms with Gasteiger partial charge < -0.3 is 0 Å². The highest BCUT2D eigenvalue weighted by molar-refractivity contribution is 5.63. The third kappa shape index (κ3) is 1.62. The van der Waals surface area contributed by atoms with E-state index < -0.39 is 0 Å². The van der Waals surface area contributed by atoms with Gasteiger partial charge in [-0.25, -0.2) is 0 Å². The number of hydrogen-bond donors (Lipinski definition) is 0. The van der Waals surface area contributed by atoms with E-state index in [0.29, 0.717) is 23.9 Å². The molecule has 1 aliphatic heterocycles. The number of rotatable bonds is 2. The highest BCUT2D eigenvalue weighted by Gasteiger charge is 2.30. The molecular weight excluding hydrogens is 148 g/mol. The lowest BCUT2D eigenvalue weighted by atomic mass is 9.91. The van der Waals surface area contributed by atoms with Gasteiger partial charge in [-0.2, -0.15) is 5.10 Å². The summed E-state index contributed by atoms with van der Waals surface area (Å²) in [6, 6.07) is 1.10. The summed E-state index contributed by atoms with van der Waals surface area (Å²) in [6.45, 7) is 11.2. The van der Waals surface area contributed by atoms with Gasteiger partial charge in [0, 0.05) is 18.2 Å². The van der Waals surface area contributed by atoms with E-state index in [9.17, 15) is 0 Å². The summed E-state index contributed by atoms with van der Waals surface area (Å²) < 4.78 is 0. The van der Waals surface area contributed by atoms with Crippen molar-refractivity contribution in [2.24, 2.45) is 16.9 Å². The van der Waals surface area contributed by atoms with Gasteiger partial charge >= 0.3 is 0 Å². The standard InChI is InChI=1S/C10H20N2/c1-7(2)10-6-11-12(8(3)4)9(10)5/h6-10H,1-5H3. The Labute approximate surface area is 75.6 Å². The summed E-state index contributed by atoms with van der Waals surface area (Å²) in [6.07, 6.45) is 2.11. The number of nitrogens with zero attached hydrogens (tertiary/aromatic N) is 2. The first-order chi connectivity index (χ1) is 5.54.